The standard InChI is InChI=1S/C19H16O2/c1-2-21-19(20)15-14-18-12-10-17(11-13-18)9-8-16-6-4-3-5-7-16/h3-7,10-15H,2H2,1H3/b15-14+. The van der Waals surface area contributed by atoms with E-state index in [1.165, 1.54) is 6.08 Å². The van der Waals surface area contributed by atoms with Crippen molar-refractivity contribution in [3.05, 3.63) is 77.4 Å². The maximum atomic E-state index is 11.2. The molecule has 2 aromatic carbocycles. The largest absolute Gasteiger partial charge is 0.463 e. The summed E-state index contributed by atoms with van der Waals surface area (Å²) in [6, 6.07) is 17.6. The van der Waals surface area contributed by atoms with Gasteiger partial charge < -0.3 is 4.74 Å². The average Bonchev–Trinajstić information content (AvgIpc) is 2.53. The highest BCUT2D eigenvalue weighted by Crippen LogP contribution is 2.06. The van der Waals surface area contributed by atoms with Crippen molar-refractivity contribution >= 4 is 12.0 Å². The molecular formula is C19H16O2. The first-order valence-corrected chi connectivity index (χ1v) is 6.80. The zero-order valence-corrected chi connectivity index (χ0v) is 11.9. The van der Waals surface area contributed by atoms with E-state index in [4.69, 9.17) is 4.74 Å². The lowest BCUT2D eigenvalue weighted by Gasteiger charge is -1.96. The van der Waals surface area contributed by atoms with Crippen LogP contribution in [0.15, 0.2) is 60.7 Å². The van der Waals surface area contributed by atoms with Crippen molar-refractivity contribution in [1.82, 2.24) is 0 Å². The summed E-state index contributed by atoms with van der Waals surface area (Å²) in [4.78, 5) is 11.2. The van der Waals surface area contributed by atoms with E-state index >= 15 is 0 Å². The summed E-state index contributed by atoms with van der Waals surface area (Å²) in [5.41, 5.74) is 2.87. The molecule has 2 heteroatoms. The second kappa shape index (κ2) is 7.72. The molecule has 0 amide bonds. The lowest BCUT2D eigenvalue weighted by Crippen LogP contribution is -1.98. The van der Waals surface area contributed by atoms with Crippen LogP contribution < -0.4 is 0 Å². The summed E-state index contributed by atoms with van der Waals surface area (Å²) >= 11 is 0. The fourth-order valence-electron chi connectivity index (χ4n) is 1.70. The van der Waals surface area contributed by atoms with E-state index in [1.807, 2.05) is 54.6 Å². The Balaban J connectivity index is 2.03. The van der Waals surface area contributed by atoms with Crippen LogP contribution in [0.2, 0.25) is 0 Å². The second-order valence-corrected chi connectivity index (χ2v) is 4.32. The topological polar surface area (TPSA) is 26.3 Å². The minimum Gasteiger partial charge on any atom is -0.463 e. The molecule has 0 aliphatic heterocycles. The van der Waals surface area contributed by atoms with E-state index in [0.29, 0.717) is 6.61 Å². The quantitative estimate of drug-likeness (QED) is 0.486. The molecule has 0 bridgehead atoms. The third-order valence-corrected chi connectivity index (χ3v) is 2.73. The second-order valence-electron chi connectivity index (χ2n) is 4.32. The fraction of sp³-hybridized carbons (Fsp3) is 0.105. The van der Waals surface area contributed by atoms with Crippen LogP contribution in [0.5, 0.6) is 0 Å². The van der Waals surface area contributed by atoms with Crippen LogP contribution in [-0.2, 0) is 9.53 Å². The molecule has 0 heterocycles. The van der Waals surface area contributed by atoms with E-state index in [9.17, 15) is 4.79 Å². The molecule has 0 saturated carbocycles. The van der Waals surface area contributed by atoms with Gasteiger partial charge in [-0.2, -0.15) is 0 Å². The Kier molecular flexibility index (Phi) is 5.37. The Morgan fingerprint density at radius 3 is 2.24 bits per heavy atom. The minimum atomic E-state index is -0.328. The van der Waals surface area contributed by atoms with E-state index in [2.05, 4.69) is 11.8 Å². The molecule has 0 unspecified atom stereocenters. The first-order valence-electron chi connectivity index (χ1n) is 6.80. The van der Waals surface area contributed by atoms with Gasteiger partial charge in [-0.05, 0) is 42.8 Å². The molecule has 2 nitrogen and oxygen atoms in total. The third kappa shape index (κ3) is 5.00. The summed E-state index contributed by atoms with van der Waals surface area (Å²) in [5.74, 6) is 5.88. The van der Waals surface area contributed by atoms with Crippen molar-refractivity contribution in [1.29, 1.82) is 0 Å². The maximum Gasteiger partial charge on any atom is 0.330 e. The van der Waals surface area contributed by atoms with Gasteiger partial charge in [0.1, 0.15) is 0 Å². The van der Waals surface area contributed by atoms with Crippen LogP contribution in [0.3, 0.4) is 0 Å². The number of esters is 1. The van der Waals surface area contributed by atoms with E-state index < -0.39 is 0 Å². The minimum absolute atomic E-state index is 0.328. The average molecular weight is 276 g/mol. The van der Waals surface area contributed by atoms with Gasteiger partial charge in [0, 0.05) is 17.2 Å². The lowest BCUT2D eigenvalue weighted by molar-refractivity contribution is -0.137. The molecule has 21 heavy (non-hydrogen) atoms. The summed E-state index contributed by atoms with van der Waals surface area (Å²) < 4.78 is 4.83. The van der Waals surface area contributed by atoms with E-state index in [1.54, 1.807) is 13.0 Å². The summed E-state index contributed by atoms with van der Waals surface area (Å²) in [6.45, 7) is 2.17. The van der Waals surface area contributed by atoms with Gasteiger partial charge in [-0.15, -0.1) is 0 Å². The molecule has 0 fully saturated rings. The highest BCUT2D eigenvalue weighted by Gasteiger charge is 1.94. The van der Waals surface area contributed by atoms with Crippen molar-refractivity contribution in [2.45, 2.75) is 6.92 Å². The Labute approximate surface area is 125 Å². The van der Waals surface area contributed by atoms with Gasteiger partial charge in [0.2, 0.25) is 0 Å². The van der Waals surface area contributed by atoms with Crippen LogP contribution in [0.4, 0.5) is 0 Å². The van der Waals surface area contributed by atoms with Crippen LogP contribution in [0, 0.1) is 11.8 Å². The molecule has 2 rings (SSSR count). The molecule has 0 saturated heterocycles. The third-order valence-electron chi connectivity index (χ3n) is 2.73. The fourth-order valence-corrected chi connectivity index (χ4v) is 1.70. The zero-order valence-electron chi connectivity index (χ0n) is 11.9. The van der Waals surface area contributed by atoms with Crippen LogP contribution in [0.25, 0.3) is 6.08 Å². The number of carbonyl (C=O) groups is 1. The number of benzene rings is 2. The normalized spacial score (nSPS) is 9.95. The van der Waals surface area contributed by atoms with Crippen LogP contribution in [-0.4, -0.2) is 12.6 Å². The number of rotatable bonds is 3. The Bertz CT molecular complexity index is 671. The van der Waals surface area contributed by atoms with E-state index in [0.717, 1.165) is 16.7 Å². The SMILES string of the molecule is CCOC(=O)/C=C/c1ccc(C#Cc2ccccc2)cc1. The molecule has 0 radical (unpaired) electrons. The van der Waals surface area contributed by atoms with Crippen LogP contribution in [0.1, 0.15) is 23.6 Å². The van der Waals surface area contributed by atoms with Gasteiger partial charge in [0.05, 0.1) is 6.61 Å². The van der Waals surface area contributed by atoms with Gasteiger partial charge in [-0.3, -0.25) is 0 Å². The Hall–Kier alpha value is -2.79. The summed E-state index contributed by atoms with van der Waals surface area (Å²) in [7, 11) is 0. The molecule has 0 aliphatic rings. The van der Waals surface area contributed by atoms with Crippen molar-refractivity contribution in [3.63, 3.8) is 0 Å². The van der Waals surface area contributed by atoms with Crippen molar-refractivity contribution in [2.75, 3.05) is 6.61 Å². The summed E-state index contributed by atoms with van der Waals surface area (Å²) in [6.07, 6.45) is 3.15. The molecule has 0 aromatic heterocycles. The van der Waals surface area contributed by atoms with Crippen molar-refractivity contribution in [3.8, 4) is 11.8 Å². The van der Waals surface area contributed by atoms with Gasteiger partial charge in [-0.1, -0.05) is 42.2 Å². The molecular weight excluding hydrogens is 260 g/mol. The smallest absolute Gasteiger partial charge is 0.330 e. The number of hydrogen-bond donors (Lipinski definition) is 0. The highest BCUT2D eigenvalue weighted by molar-refractivity contribution is 5.87. The Morgan fingerprint density at radius 1 is 1.00 bits per heavy atom. The molecule has 2 aromatic rings. The first-order chi connectivity index (χ1) is 10.3. The molecule has 0 spiro atoms. The zero-order chi connectivity index (χ0) is 14.9. The van der Waals surface area contributed by atoms with Crippen molar-refractivity contribution < 1.29 is 9.53 Å². The molecule has 0 aliphatic carbocycles. The predicted octanol–water partition coefficient (Wildman–Crippen LogP) is 3.66. The predicted molar refractivity (Wildman–Crippen MR) is 84.5 cm³/mol. The first kappa shape index (κ1) is 14.6. The lowest BCUT2D eigenvalue weighted by atomic mass is 10.1. The molecule has 104 valence electrons. The highest BCUT2D eigenvalue weighted by atomic mass is 16.5. The maximum absolute atomic E-state index is 11.2. The number of carbonyl (C=O) groups excluding carboxylic acids is 1. The van der Waals surface area contributed by atoms with Gasteiger partial charge in [0.15, 0.2) is 0 Å². The Morgan fingerprint density at radius 2 is 1.62 bits per heavy atom. The van der Waals surface area contributed by atoms with E-state index in [-0.39, 0.29) is 5.97 Å². The van der Waals surface area contributed by atoms with Gasteiger partial charge >= 0.3 is 5.97 Å². The monoisotopic (exact) mass is 276 g/mol. The molecule has 0 N–H and O–H groups in total. The van der Waals surface area contributed by atoms with Crippen molar-refractivity contribution in [2.24, 2.45) is 0 Å². The van der Waals surface area contributed by atoms with Crippen LogP contribution >= 0.6 is 0 Å². The number of hydrogen-bond acceptors (Lipinski definition) is 2. The number of ether oxygens (including phenoxy) is 1. The summed E-state index contributed by atoms with van der Waals surface area (Å²) in [5, 5.41) is 0. The van der Waals surface area contributed by atoms with Gasteiger partial charge in [-0.25, -0.2) is 4.79 Å². The van der Waals surface area contributed by atoms with Gasteiger partial charge in [0.25, 0.3) is 0 Å². The molecule has 0 atom stereocenters.